The van der Waals surface area contributed by atoms with Crippen LogP contribution in [0.15, 0.2) is 0 Å². The van der Waals surface area contributed by atoms with E-state index in [9.17, 15) is 5.11 Å². The van der Waals surface area contributed by atoms with Crippen molar-refractivity contribution in [3.63, 3.8) is 0 Å². The van der Waals surface area contributed by atoms with Crippen LogP contribution in [0.4, 0.5) is 0 Å². The molecular formula is C11H22N2O. The van der Waals surface area contributed by atoms with Gasteiger partial charge >= 0.3 is 0 Å². The fraction of sp³-hybridized carbons (Fsp3) is 1.00. The number of likely N-dealkylation sites (tertiary alicyclic amines) is 1. The number of likely N-dealkylation sites (N-methyl/N-ethyl adjacent to an activating group) is 1. The molecule has 0 aromatic heterocycles. The van der Waals surface area contributed by atoms with Gasteiger partial charge in [-0.15, -0.1) is 0 Å². The molecule has 1 heterocycles. The third-order valence-electron chi connectivity index (χ3n) is 3.78. The van der Waals surface area contributed by atoms with Gasteiger partial charge in [0.15, 0.2) is 0 Å². The van der Waals surface area contributed by atoms with E-state index in [1.54, 1.807) is 0 Å². The zero-order valence-corrected chi connectivity index (χ0v) is 9.32. The molecule has 2 unspecified atom stereocenters. The summed E-state index contributed by atoms with van der Waals surface area (Å²) in [6.07, 6.45) is 3.45. The lowest BCUT2D eigenvalue weighted by atomic mass is 10.0. The molecule has 0 radical (unpaired) electrons. The normalized spacial score (nSPS) is 35.1. The smallest absolute Gasteiger partial charge is 0.0580 e. The number of aliphatic hydroxyl groups excluding tert-OH is 1. The van der Waals surface area contributed by atoms with Crippen LogP contribution in [0.25, 0.3) is 0 Å². The van der Waals surface area contributed by atoms with E-state index in [2.05, 4.69) is 23.9 Å². The highest BCUT2D eigenvalue weighted by molar-refractivity contribution is 4.89. The van der Waals surface area contributed by atoms with Gasteiger partial charge in [-0.25, -0.2) is 0 Å². The predicted octanol–water partition coefficient (Wildman–Crippen LogP) is 0.393. The quantitative estimate of drug-likeness (QED) is 0.711. The summed E-state index contributed by atoms with van der Waals surface area (Å²) in [5.41, 5.74) is 0. The van der Waals surface area contributed by atoms with E-state index in [4.69, 9.17) is 0 Å². The Labute approximate surface area is 86.7 Å². The number of aliphatic hydroxyl groups is 1. The maximum Gasteiger partial charge on any atom is 0.0580 e. The Balaban J connectivity index is 1.68. The summed E-state index contributed by atoms with van der Waals surface area (Å²) in [5, 5.41) is 9.70. The number of hydrogen-bond donors (Lipinski definition) is 1. The van der Waals surface area contributed by atoms with Crippen molar-refractivity contribution in [2.24, 2.45) is 5.92 Å². The van der Waals surface area contributed by atoms with Crippen molar-refractivity contribution in [2.75, 3.05) is 33.7 Å². The molecule has 1 saturated heterocycles. The van der Waals surface area contributed by atoms with E-state index in [-0.39, 0.29) is 6.10 Å². The van der Waals surface area contributed by atoms with Crippen LogP contribution < -0.4 is 0 Å². The van der Waals surface area contributed by atoms with Crippen molar-refractivity contribution in [3.05, 3.63) is 0 Å². The first-order valence-electron chi connectivity index (χ1n) is 5.73. The van der Waals surface area contributed by atoms with Crippen LogP contribution in [0.5, 0.6) is 0 Å². The lowest BCUT2D eigenvalue weighted by Crippen LogP contribution is -2.58. The molecule has 2 fully saturated rings. The standard InChI is InChI=1S/C11H22N2O/c1-12(2)10-7-13(8-10)6-9-4-3-5-11(9)14/h9-11,14H,3-8H2,1-2H3. The highest BCUT2D eigenvalue weighted by Gasteiger charge is 2.33. The lowest BCUT2D eigenvalue weighted by molar-refractivity contribution is 0.0275. The molecule has 1 aliphatic carbocycles. The van der Waals surface area contributed by atoms with Gasteiger partial charge in [0.2, 0.25) is 0 Å². The van der Waals surface area contributed by atoms with Gasteiger partial charge in [0.25, 0.3) is 0 Å². The summed E-state index contributed by atoms with van der Waals surface area (Å²) in [5.74, 6) is 0.554. The number of hydrogen-bond acceptors (Lipinski definition) is 3. The van der Waals surface area contributed by atoms with Crippen LogP contribution >= 0.6 is 0 Å². The maximum atomic E-state index is 9.70. The van der Waals surface area contributed by atoms with E-state index in [0.29, 0.717) is 5.92 Å². The molecule has 2 atom stereocenters. The van der Waals surface area contributed by atoms with Crippen LogP contribution in [-0.2, 0) is 0 Å². The minimum absolute atomic E-state index is 0.0200. The molecule has 2 rings (SSSR count). The molecule has 0 amide bonds. The zero-order chi connectivity index (χ0) is 10.1. The summed E-state index contributed by atoms with van der Waals surface area (Å²) in [6.45, 7) is 3.50. The largest absolute Gasteiger partial charge is 0.393 e. The summed E-state index contributed by atoms with van der Waals surface area (Å²) >= 11 is 0. The fourth-order valence-electron chi connectivity index (χ4n) is 2.58. The van der Waals surface area contributed by atoms with Gasteiger partial charge in [-0.05, 0) is 32.9 Å². The topological polar surface area (TPSA) is 26.7 Å². The molecule has 2 aliphatic rings. The van der Waals surface area contributed by atoms with Crippen LogP contribution in [0, 0.1) is 5.92 Å². The van der Waals surface area contributed by atoms with Crippen LogP contribution in [0.2, 0.25) is 0 Å². The van der Waals surface area contributed by atoms with E-state index in [0.717, 1.165) is 19.0 Å². The fourth-order valence-corrected chi connectivity index (χ4v) is 2.58. The molecule has 3 nitrogen and oxygen atoms in total. The molecule has 0 aromatic rings. The molecule has 0 aromatic carbocycles. The van der Waals surface area contributed by atoms with Gasteiger partial charge in [0.1, 0.15) is 0 Å². The highest BCUT2D eigenvalue weighted by Crippen LogP contribution is 2.27. The SMILES string of the molecule is CN(C)C1CN(CC2CCCC2O)C1. The molecular weight excluding hydrogens is 176 g/mol. The van der Waals surface area contributed by atoms with Gasteiger partial charge in [0, 0.05) is 25.7 Å². The van der Waals surface area contributed by atoms with Crippen LogP contribution in [0.1, 0.15) is 19.3 Å². The Morgan fingerprint density at radius 1 is 1.29 bits per heavy atom. The van der Waals surface area contributed by atoms with Gasteiger partial charge in [0.05, 0.1) is 6.10 Å². The Kier molecular flexibility index (Phi) is 3.10. The number of nitrogens with zero attached hydrogens (tertiary/aromatic N) is 2. The first-order valence-corrected chi connectivity index (χ1v) is 5.73. The highest BCUT2D eigenvalue weighted by atomic mass is 16.3. The van der Waals surface area contributed by atoms with Crippen molar-refractivity contribution in [2.45, 2.75) is 31.4 Å². The Morgan fingerprint density at radius 2 is 2.00 bits per heavy atom. The van der Waals surface area contributed by atoms with Crippen molar-refractivity contribution in [1.82, 2.24) is 9.80 Å². The monoisotopic (exact) mass is 198 g/mol. The summed E-state index contributed by atoms with van der Waals surface area (Å²) in [7, 11) is 4.29. The average Bonchev–Trinajstić information content (AvgIpc) is 2.42. The second-order valence-corrected chi connectivity index (χ2v) is 5.09. The second kappa shape index (κ2) is 4.17. The zero-order valence-electron chi connectivity index (χ0n) is 9.32. The van der Waals surface area contributed by atoms with Gasteiger partial charge in [-0.2, -0.15) is 0 Å². The Hall–Kier alpha value is -0.120. The van der Waals surface area contributed by atoms with E-state index >= 15 is 0 Å². The summed E-state index contributed by atoms with van der Waals surface area (Å²) in [6, 6.07) is 0.744. The van der Waals surface area contributed by atoms with Gasteiger partial charge in [-0.3, -0.25) is 4.90 Å². The Bertz CT molecular complexity index is 190. The first-order chi connectivity index (χ1) is 6.66. The van der Waals surface area contributed by atoms with Crippen LogP contribution in [0.3, 0.4) is 0 Å². The first kappa shape index (κ1) is 10.4. The minimum atomic E-state index is -0.0200. The number of rotatable bonds is 3. The third kappa shape index (κ3) is 2.10. The van der Waals surface area contributed by atoms with Crippen LogP contribution in [-0.4, -0.2) is 60.8 Å². The molecule has 1 aliphatic heterocycles. The molecule has 14 heavy (non-hydrogen) atoms. The summed E-state index contributed by atoms with van der Waals surface area (Å²) < 4.78 is 0. The predicted molar refractivity (Wildman–Crippen MR) is 57.3 cm³/mol. The molecule has 0 spiro atoms. The van der Waals surface area contributed by atoms with E-state index in [1.807, 2.05) is 0 Å². The third-order valence-corrected chi connectivity index (χ3v) is 3.78. The van der Waals surface area contributed by atoms with Crippen molar-refractivity contribution in [1.29, 1.82) is 0 Å². The average molecular weight is 198 g/mol. The van der Waals surface area contributed by atoms with Crippen molar-refractivity contribution in [3.8, 4) is 0 Å². The van der Waals surface area contributed by atoms with Crippen molar-refractivity contribution >= 4 is 0 Å². The van der Waals surface area contributed by atoms with Gasteiger partial charge in [-0.1, -0.05) is 6.42 Å². The molecule has 82 valence electrons. The molecule has 3 heteroatoms. The molecule has 0 bridgehead atoms. The molecule has 1 saturated carbocycles. The molecule has 1 N–H and O–H groups in total. The van der Waals surface area contributed by atoms with Crippen molar-refractivity contribution < 1.29 is 5.11 Å². The second-order valence-electron chi connectivity index (χ2n) is 5.09. The minimum Gasteiger partial charge on any atom is -0.393 e. The van der Waals surface area contributed by atoms with Gasteiger partial charge < -0.3 is 10.0 Å². The van der Waals surface area contributed by atoms with E-state index < -0.39 is 0 Å². The van der Waals surface area contributed by atoms with E-state index in [1.165, 1.54) is 25.9 Å². The maximum absolute atomic E-state index is 9.70. The lowest BCUT2D eigenvalue weighted by Gasteiger charge is -2.44. The Morgan fingerprint density at radius 3 is 2.50 bits per heavy atom. The summed E-state index contributed by atoms with van der Waals surface area (Å²) in [4.78, 5) is 4.77.